The highest BCUT2D eigenvalue weighted by atomic mass is 19.1. The van der Waals surface area contributed by atoms with Crippen molar-refractivity contribution in [2.75, 3.05) is 5.73 Å². The van der Waals surface area contributed by atoms with Gasteiger partial charge in [0.2, 0.25) is 0 Å². The molecular formula is C20H16FN5O. The molecule has 27 heavy (non-hydrogen) atoms. The van der Waals surface area contributed by atoms with Crippen LogP contribution in [0.15, 0.2) is 55.0 Å². The van der Waals surface area contributed by atoms with Crippen molar-refractivity contribution in [1.82, 2.24) is 19.9 Å². The third-order valence-electron chi connectivity index (χ3n) is 4.29. The van der Waals surface area contributed by atoms with Crippen molar-refractivity contribution in [2.45, 2.75) is 6.92 Å². The SMILES string of the molecule is Cc1cc(F)ccc1-c1nc(-c2cnc(N)c(O)c2)c(-c2ccncc2)[nH]1. The predicted molar refractivity (Wildman–Crippen MR) is 101 cm³/mol. The second-order valence-corrected chi connectivity index (χ2v) is 6.13. The number of H-pyrrole nitrogens is 1. The number of aromatic hydroxyl groups is 1. The lowest BCUT2D eigenvalue weighted by Crippen LogP contribution is -1.92. The average Bonchev–Trinajstić information content (AvgIpc) is 3.10. The highest BCUT2D eigenvalue weighted by Crippen LogP contribution is 2.35. The summed E-state index contributed by atoms with van der Waals surface area (Å²) in [6.45, 7) is 1.82. The van der Waals surface area contributed by atoms with Gasteiger partial charge in [-0.2, -0.15) is 0 Å². The van der Waals surface area contributed by atoms with Gasteiger partial charge < -0.3 is 15.8 Å². The second kappa shape index (κ2) is 6.53. The van der Waals surface area contributed by atoms with Gasteiger partial charge in [-0.3, -0.25) is 4.98 Å². The zero-order valence-electron chi connectivity index (χ0n) is 14.4. The second-order valence-electron chi connectivity index (χ2n) is 6.13. The van der Waals surface area contributed by atoms with Crippen LogP contribution in [0, 0.1) is 12.7 Å². The number of halogens is 1. The molecule has 0 atom stereocenters. The van der Waals surface area contributed by atoms with E-state index in [1.54, 1.807) is 24.7 Å². The summed E-state index contributed by atoms with van der Waals surface area (Å²) in [5.74, 6) is 0.223. The van der Waals surface area contributed by atoms with Crippen LogP contribution in [-0.2, 0) is 0 Å². The summed E-state index contributed by atoms with van der Waals surface area (Å²) in [5.41, 5.74) is 9.97. The van der Waals surface area contributed by atoms with Gasteiger partial charge in [0.15, 0.2) is 11.6 Å². The Hall–Kier alpha value is -3.74. The molecule has 1 aromatic carbocycles. The van der Waals surface area contributed by atoms with Gasteiger partial charge in [-0.05, 0) is 48.9 Å². The number of aromatic nitrogens is 4. The summed E-state index contributed by atoms with van der Waals surface area (Å²) in [6, 6.07) is 9.76. The molecule has 0 saturated carbocycles. The van der Waals surface area contributed by atoms with E-state index in [2.05, 4.69) is 15.0 Å². The molecule has 3 aromatic heterocycles. The largest absolute Gasteiger partial charge is 0.504 e. The topological polar surface area (TPSA) is 101 Å². The molecule has 7 heteroatoms. The van der Waals surface area contributed by atoms with Crippen LogP contribution in [0.1, 0.15) is 5.56 Å². The van der Waals surface area contributed by atoms with Gasteiger partial charge in [-0.25, -0.2) is 14.4 Å². The van der Waals surface area contributed by atoms with Gasteiger partial charge in [-0.15, -0.1) is 0 Å². The predicted octanol–water partition coefficient (Wildman–Crippen LogP) is 3.94. The van der Waals surface area contributed by atoms with Crippen LogP contribution in [-0.4, -0.2) is 25.0 Å². The Kier molecular flexibility index (Phi) is 4.04. The molecule has 0 amide bonds. The highest BCUT2D eigenvalue weighted by Gasteiger charge is 2.17. The summed E-state index contributed by atoms with van der Waals surface area (Å²) in [7, 11) is 0. The maximum Gasteiger partial charge on any atom is 0.165 e. The van der Waals surface area contributed by atoms with Crippen molar-refractivity contribution in [1.29, 1.82) is 0 Å². The quantitative estimate of drug-likeness (QED) is 0.513. The number of rotatable bonds is 3. The van der Waals surface area contributed by atoms with E-state index in [1.165, 1.54) is 18.2 Å². The Balaban J connectivity index is 1.93. The molecule has 0 radical (unpaired) electrons. The number of nitrogens with two attached hydrogens (primary N) is 1. The lowest BCUT2D eigenvalue weighted by molar-refractivity contribution is 0.476. The van der Waals surface area contributed by atoms with Crippen LogP contribution in [0.3, 0.4) is 0 Å². The van der Waals surface area contributed by atoms with Crippen molar-refractivity contribution in [3.8, 4) is 39.7 Å². The number of aromatic amines is 1. The molecule has 0 unspecified atom stereocenters. The maximum absolute atomic E-state index is 13.5. The standard InChI is InChI=1S/C20H16FN5O/c1-11-8-14(21)2-3-15(11)20-25-17(12-4-6-23-7-5-12)18(26-20)13-9-16(27)19(22)24-10-13/h2-10,27H,1H3,(H2,22,24)(H,25,26). The van der Waals surface area contributed by atoms with E-state index in [1.807, 2.05) is 19.1 Å². The number of hydrogen-bond donors (Lipinski definition) is 3. The number of anilines is 1. The van der Waals surface area contributed by atoms with E-state index < -0.39 is 0 Å². The lowest BCUT2D eigenvalue weighted by atomic mass is 10.1. The molecule has 4 aromatic rings. The number of aryl methyl sites for hydroxylation is 1. The van der Waals surface area contributed by atoms with Gasteiger partial charge >= 0.3 is 0 Å². The number of hydrogen-bond acceptors (Lipinski definition) is 5. The first-order chi connectivity index (χ1) is 13.0. The molecule has 0 bridgehead atoms. The number of imidazole rings is 1. The minimum absolute atomic E-state index is 0.0503. The molecule has 0 fully saturated rings. The van der Waals surface area contributed by atoms with E-state index >= 15 is 0 Å². The Morgan fingerprint density at radius 2 is 1.85 bits per heavy atom. The third kappa shape index (κ3) is 3.10. The summed E-state index contributed by atoms with van der Waals surface area (Å²) in [6.07, 6.45) is 4.92. The monoisotopic (exact) mass is 361 g/mol. The number of nitrogens with zero attached hydrogens (tertiary/aromatic N) is 3. The molecule has 3 heterocycles. The van der Waals surface area contributed by atoms with E-state index in [4.69, 9.17) is 10.7 Å². The zero-order chi connectivity index (χ0) is 19.0. The fourth-order valence-electron chi connectivity index (χ4n) is 2.92. The normalized spacial score (nSPS) is 10.9. The first-order valence-electron chi connectivity index (χ1n) is 8.24. The Morgan fingerprint density at radius 3 is 2.56 bits per heavy atom. The van der Waals surface area contributed by atoms with Crippen LogP contribution >= 0.6 is 0 Å². The smallest absolute Gasteiger partial charge is 0.165 e. The summed E-state index contributed by atoms with van der Waals surface area (Å²) in [5, 5.41) is 9.94. The summed E-state index contributed by atoms with van der Waals surface area (Å²) < 4.78 is 13.5. The van der Waals surface area contributed by atoms with Crippen LogP contribution in [0.4, 0.5) is 10.2 Å². The minimum Gasteiger partial charge on any atom is -0.504 e. The van der Waals surface area contributed by atoms with Crippen molar-refractivity contribution >= 4 is 5.82 Å². The highest BCUT2D eigenvalue weighted by molar-refractivity contribution is 5.82. The van der Waals surface area contributed by atoms with Crippen molar-refractivity contribution < 1.29 is 9.50 Å². The molecular weight excluding hydrogens is 345 g/mol. The van der Waals surface area contributed by atoms with Crippen molar-refractivity contribution in [3.05, 3.63) is 66.4 Å². The Labute approximate surface area is 154 Å². The van der Waals surface area contributed by atoms with E-state index in [-0.39, 0.29) is 17.4 Å². The maximum atomic E-state index is 13.5. The molecule has 4 rings (SSSR count). The molecule has 0 aliphatic heterocycles. The van der Waals surface area contributed by atoms with E-state index in [0.29, 0.717) is 17.1 Å². The van der Waals surface area contributed by atoms with Crippen LogP contribution in [0.25, 0.3) is 33.9 Å². The van der Waals surface area contributed by atoms with E-state index in [9.17, 15) is 9.50 Å². The Morgan fingerprint density at radius 1 is 1.07 bits per heavy atom. The van der Waals surface area contributed by atoms with Gasteiger partial charge in [0.1, 0.15) is 11.6 Å². The van der Waals surface area contributed by atoms with Gasteiger partial charge in [0, 0.05) is 35.3 Å². The molecule has 0 aliphatic carbocycles. The van der Waals surface area contributed by atoms with Gasteiger partial charge in [0.05, 0.1) is 11.4 Å². The van der Waals surface area contributed by atoms with E-state index in [0.717, 1.165) is 22.4 Å². The lowest BCUT2D eigenvalue weighted by Gasteiger charge is -2.04. The molecule has 4 N–H and O–H groups in total. The fraction of sp³-hybridized carbons (Fsp3) is 0.0500. The fourth-order valence-corrected chi connectivity index (χ4v) is 2.92. The van der Waals surface area contributed by atoms with Crippen LogP contribution in [0.5, 0.6) is 5.75 Å². The first kappa shape index (κ1) is 16.7. The van der Waals surface area contributed by atoms with Gasteiger partial charge in [0.25, 0.3) is 0 Å². The molecule has 134 valence electrons. The summed E-state index contributed by atoms with van der Waals surface area (Å²) >= 11 is 0. The average molecular weight is 361 g/mol. The number of benzene rings is 1. The zero-order valence-corrected chi connectivity index (χ0v) is 14.4. The molecule has 0 spiro atoms. The molecule has 0 saturated heterocycles. The van der Waals surface area contributed by atoms with Crippen LogP contribution < -0.4 is 5.73 Å². The number of nitrogen functional groups attached to an aromatic ring is 1. The van der Waals surface area contributed by atoms with Gasteiger partial charge in [-0.1, -0.05) is 0 Å². The first-order valence-corrected chi connectivity index (χ1v) is 8.24. The third-order valence-corrected chi connectivity index (χ3v) is 4.29. The van der Waals surface area contributed by atoms with Crippen molar-refractivity contribution in [3.63, 3.8) is 0 Å². The number of pyridine rings is 2. The minimum atomic E-state index is -0.301. The molecule has 0 aliphatic rings. The number of nitrogens with one attached hydrogen (secondary N) is 1. The van der Waals surface area contributed by atoms with Crippen molar-refractivity contribution in [2.24, 2.45) is 0 Å². The van der Waals surface area contributed by atoms with Crippen LogP contribution in [0.2, 0.25) is 0 Å². The Bertz CT molecular complexity index is 1120. The summed E-state index contributed by atoms with van der Waals surface area (Å²) in [4.78, 5) is 16.1. The molecule has 6 nitrogen and oxygen atoms in total.